The lowest BCUT2D eigenvalue weighted by Gasteiger charge is -2.23. The van der Waals surface area contributed by atoms with Gasteiger partial charge in [0.05, 0.1) is 18.1 Å². The first-order valence-electron chi connectivity index (χ1n) is 6.04. The molecule has 0 radical (unpaired) electrons. The number of amides is 1. The van der Waals surface area contributed by atoms with Crippen LogP contribution < -0.4 is 0 Å². The van der Waals surface area contributed by atoms with Crippen LogP contribution >= 0.6 is 0 Å². The standard InChI is InChI=1S/C15H15FN2O2/c1-11(7-8-17)18(2)15(20)14-10-13(16)6-5-12(14)4-3-9-19/h5-6,10-11,19H,7,9H2,1-2H3. The van der Waals surface area contributed by atoms with Gasteiger partial charge in [0.2, 0.25) is 0 Å². The minimum absolute atomic E-state index is 0.123. The van der Waals surface area contributed by atoms with E-state index in [1.807, 2.05) is 6.07 Å². The molecule has 1 aromatic rings. The van der Waals surface area contributed by atoms with Crippen LogP contribution in [0, 0.1) is 29.0 Å². The zero-order valence-corrected chi connectivity index (χ0v) is 11.4. The molecule has 1 amide bonds. The van der Waals surface area contributed by atoms with Gasteiger partial charge in [0.25, 0.3) is 5.91 Å². The summed E-state index contributed by atoms with van der Waals surface area (Å²) in [6.07, 6.45) is 0.190. The molecule has 1 unspecified atom stereocenters. The summed E-state index contributed by atoms with van der Waals surface area (Å²) in [6.45, 7) is 1.39. The lowest BCUT2D eigenvalue weighted by atomic mass is 10.1. The molecule has 0 saturated carbocycles. The average Bonchev–Trinajstić information content (AvgIpc) is 2.44. The number of aliphatic hydroxyl groups is 1. The molecule has 104 valence electrons. The number of nitrogens with zero attached hydrogens (tertiary/aromatic N) is 2. The first-order chi connectivity index (χ1) is 9.51. The number of carbonyl (C=O) groups excluding carboxylic acids is 1. The fourth-order valence-electron chi connectivity index (χ4n) is 1.60. The molecule has 20 heavy (non-hydrogen) atoms. The molecule has 0 aromatic heterocycles. The monoisotopic (exact) mass is 274 g/mol. The van der Waals surface area contributed by atoms with Gasteiger partial charge in [0, 0.05) is 18.7 Å². The fourth-order valence-corrected chi connectivity index (χ4v) is 1.60. The highest BCUT2D eigenvalue weighted by Gasteiger charge is 2.20. The predicted molar refractivity (Wildman–Crippen MR) is 72.1 cm³/mol. The Bertz CT molecular complexity index is 596. The number of benzene rings is 1. The van der Waals surface area contributed by atoms with Gasteiger partial charge in [-0.25, -0.2) is 4.39 Å². The lowest BCUT2D eigenvalue weighted by molar-refractivity contribution is 0.0745. The normalized spacial score (nSPS) is 10.9. The van der Waals surface area contributed by atoms with Gasteiger partial charge >= 0.3 is 0 Å². The molecule has 0 bridgehead atoms. The van der Waals surface area contributed by atoms with Crippen molar-refractivity contribution in [2.45, 2.75) is 19.4 Å². The van der Waals surface area contributed by atoms with Crippen molar-refractivity contribution in [1.29, 1.82) is 5.26 Å². The summed E-state index contributed by atoms with van der Waals surface area (Å²) in [5.41, 5.74) is 0.472. The molecule has 0 saturated heterocycles. The molecule has 1 N–H and O–H groups in total. The molecule has 4 nitrogen and oxygen atoms in total. The SMILES string of the molecule is CC(CC#N)N(C)C(=O)c1cc(F)ccc1C#CCO. The zero-order chi connectivity index (χ0) is 15.1. The highest BCUT2D eigenvalue weighted by Crippen LogP contribution is 2.15. The van der Waals surface area contributed by atoms with Gasteiger partial charge in [-0.2, -0.15) is 5.26 Å². The highest BCUT2D eigenvalue weighted by molar-refractivity contribution is 5.96. The van der Waals surface area contributed by atoms with E-state index in [2.05, 4.69) is 11.8 Å². The van der Waals surface area contributed by atoms with Crippen LogP contribution in [0.15, 0.2) is 18.2 Å². The molecule has 0 spiro atoms. The lowest BCUT2D eigenvalue weighted by Crippen LogP contribution is -2.35. The van der Waals surface area contributed by atoms with Crippen molar-refractivity contribution in [2.75, 3.05) is 13.7 Å². The summed E-state index contributed by atoms with van der Waals surface area (Å²) in [4.78, 5) is 13.7. The quantitative estimate of drug-likeness (QED) is 0.850. The maximum absolute atomic E-state index is 13.3. The van der Waals surface area contributed by atoms with Crippen LogP contribution in [0.25, 0.3) is 0 Å². The molecule has 0 heterocycles. The topological polar surface area (TPSA) is 64.3 Å². The molecule has 0 aliphatic carbocycles. The molecule has 0 aliphatic rings. The maximum Gasteiger partial charge on any atom is 0.255 e. The van der Waals surface area contributed by atoms with E-state index in [4.69, 9.17) is 10.4 Å². The third kappa shape index (κ3) is 3.81. The van der Waals surface area contributed by atoms with E-state index in [-0.39, 0.29) is 24.6 Å². The summed E-state index contributed by atoms with van der Waals surface area (Å²) in [6, 6.07) is 5.42. The Hall–Kier alpha value is -2.37. The number of hydrogen-bond acceptors (Lipinski definition) is 3. The van der Waals surface area contributed by atoms with Crippen molar-refractivity contribution in [3.63, 3.8) is 0 Å². The van der Waals surface area contributed by atoms with Crippen molar-refractivity contribution >= 4 is 5.91 Å². The second-order valence-electron chi connectivity index (χ2n) is 4.28. The Morgan fingerprint density at radius 1 is 1.55 bits per heavy atom. The van der Waals surface area contributed by atoms with E-state index in [9.17, 15) is 9.18 Å². The third-order valence-electron chi connectivity index (χ3n) is 2.88. The van der Waals surface area contributed by atoms with E-state index >= 15 is 0 Å². The summed E-state index contributed by atoms with van der Waals surface area (Å²) >= 11 is 0. The molecule has 5 heteroatoms. The van der Waals surface area contributed by atoms with Crippen LogP contribution in [-0.2, 0) is 0 Å². The molecule has 0 fully saturated rings. The van der Waals surface area contributed by atoms with Crippen molar-refractivity contribution in [3.8, 4) is 17.9 Å². The molecule has 0 aliphatic heterocycles. The van der Waals surface area contributed by atoms with Crippen LogP contribution in [0.5, 0.6) is 0 Å². The van der Waals surface area contributed by atoms with E-state index in [1.54, 1.807) is 14.0 Å². The van der Waals surface area contributed by atoms with Crippen LogP contribution in [0.2, 0.25) is 0 Å². The summed E-state index contributed by atoms with van der Waals surface area (Å²) in [5, 5.41) is 17.4. The highest BCUT2D eigenvalue weighted by atomic mass is 19.1. The first-order valence-corrected chi connectivity index (χ1v) is 6.04. The number of nitriles is 1. The van der Waals surface area contributed by atoms with Gasteiger partial charge in [0.1, 0.15) is 12.4 Å². The average molecular weight is 274 g/mol. The zero-order valence-electron chi connectivity index (χ0n) is 11.4. The van der Waals surface area contributed by atoms with Crippen LogP contribution in [-0.4, -0.2) is 35.6 Å². The molecular formula is C15H15FN2O2. The van der Waals surface area contributed by atoms with Gasteiger partial charge in [-0.3, -0.25) is 4.79 Å². The van der Waals surface area contributed by atoms with Gasteiger partial charge in [-0.05, 0) is 25.1 Å². The van der Waals surface area contributed by atoms with Gasteiger partial charge < -0.3 is 10.0 Å². The van der Waals surface area contributed by atoms with Crippen molar-refractivity contribution in [3.05, 3.63) is 35.1 Å². The summed E-state index contributed by atoms with van der Waals surface area (Å²) < 4.78 is 13.3. The number of aliphatic hydroxyl groups excluding tert-OH is 1. The molecule has 1 rings (SSSR count). The van der Waals surface area contributed by atoms with Crippen molar-refractivity contribution in [2.24, 2.45) is 0 Å². The molecule has 1 aromatic carbocycles. The Morgan fingerprint density at radius 3 is 2.85 bits per heavy atom. The minimum Gasteiger partial charge on any atom is -0.384 e. The first kappa shape index (κ1) is 15.7. The number of halogens is 1. The Kier molecular flexibility index (Phi) is 5.71. The Morgan fingerprint density at radius 2 is 2.25 bits per heavy atom. The third-order valence-corrected chi connectivity index (χ3v) is 2.88. The predicted octanol–water partition coefficient (Wildman–Crippen LogP) is 1.54. The second-order valence-corrected chi connectivity index (χ2v) is 4.28. The summed E-state index contributed by atoms with van der Waals surface area (Å²) in [5.74, 6) is 4.10. The van der Waals surface area contributed by atoms with Gasteiger partial charge in [0.15, 0.2) is 0 Å². The van der Waals surface area contributed by atoms with Crippen LogP contribution in [0.1, 0.15) is 29.3 Å². The number of hydrogen-bond donors (Lipinski definition) is 1. The second kappa shape index (κ2) is 7.28. The summed E-state index contributed by atoms with van der Waals surface area (Å²) in [7, 11) is 1.55. The minimum atomic E-state index is -0.538. The maximum atomic E-state index is 13.3. The fraction of sp³-hybridized carbons (Fsp3) is 0.333. The van der Waals surface area contributed by atoms with Crippen LogP contribution in [0.3, 0.4) is 0 Å². The van der Waals surface area contributed by atoms with Crippen molar-refractivity contribution in [1.82, 2.24) is 4.90 Å². The van der Waals surface area contributed by atoms with Crippen molar-refractivity contribution < 1.29 is 14.3 Å². The Labute approximate surface area is 117 Å². The van der Waals surface area contributed by atoms with Crippen LogP contribution in [0.4, 0.5) is 4.39 Å². The van der Waals surface area contributed by atoms with Gasteiger partial charge in [-0.1, -0.05) is 11.8 Å². The van der Waals surface area contributed by atoms with E-state index in [0.717, 1.165) is 6.07 Å². The largest absolute Gasteiger partial charge is 0.384 e. The van der Waals surface area contributed by atoms with E-state index < -0.39 is 11.7 Å². The number of rotatable bonds is 3. The van der Waals surface area contributed by atoms with Gasteiger partial charge in [-0.15, -0.1) is 0 Å². The molecule has 1 atom stereocenters. The number of carbonyl (C=O) groups is 1. The smallest absolute Gasteiger partial charge is 0.255 e. The Balaban J connectivity index is 3.14. The molecular weight excluding hydrogens is 259 g/mol. The van der Waals surface area contributed by atoms with E-state index in [0.29, 0.717) is 5.56 Å². The van der Waals surface area contributed by atoms with E-state index in [1.165, 1.54) is 17.0 Å².